The predicted octanol–water partition coefficient (Wildman–Crippen LogP) is 2.81. The SMILES string of the molecule is CCOC(=O)c1ccc(C(=O)C(C)C(=O)C(F)(F)F)cc1. The van der Waals surface area contributed by atoms with Gasteiger partial charge in [0.05, 0.1) is 18.1 Å². The summed E-state index contributed by atoms with van der Waals surface area (Å²) in [4.78, 5) is 34.2. The standard InChI is InChI=1S/C14H13F3O4/c1-3-21-13(20)10-6-4-9(5-7-10)11(18)8(2)12(19)14(15,16)17/h4-8H,3H2,1-2H3. The Labute approximate surface area is 118 Å². The van der Waals surface area contributed by atoms with Gasteiger partial charge in [0, 0.05) is 5.56 Å². The van der Waals surface area contributed by atoms with Crippen molar-refractivity contribution >= 4 is 17.5 Å². The first-order valence-electron chi connectivity index (χ1n) is 6.11. The van der Waals surface area contributed by atoms with Crippen molar-refractivity contribution in [1.29, 1.82) is 0 Å². The lowest BCUT2D eigenvalue weighted by atomic mass is 9.94. The van der Waals surface area contributed by atoms with E-state index in [1.165, 1.54) is 24.3 Å². The highest BCUT2D eigenvalue weighted by molar-refractivity contribution is 6.12. The van der Waals surface area contributed by atoms with Crippen molar-refractivity contribution in [2.24, 2.45) is 5.92 Å². The minimum atomic E-state index is -5.06. The molecule has 0 aliphatic carbocycles. The van der Waals surface area contributed by atoms with Crippen LogP contribution in [0.25, 0.3) is 0 Å². The summed E-state index contributed by atoms with van der Waals surface area (Å²) in [7, 11) is 0. The molecule has 4 nitrogen and oxygen atoms in total. The number of Topliss-reactive ketones (excluding diaryl/α,β-unsaturated/α-hetero) is 2. The molecule has 1 aromatic rings. The van der Waals surface area contributed by atoms with Crippen molar-refractivity contribution in [2.45, 2.75) is 20.0 Å². The summed E-state index contributed by atoms with van der Waals surface area (Å²) in [5.74, 6) is -5.47. The van der Waals surface area contributed by atoms with E-state index in [0.717, 1.165) is 6.92 Å². The third-order valence-corrected chi connectivity index (χ3v) is 2.75. The summed E-state index contributed by atoms with van der Waals surface area (Å²) < 4.78 is 41.5. The quantitative estimate of drug-likeness (QED) is 0.477. The van der Waals surface area contributed by atoms with Crippen LogP contribution >= 0.6 is 0 Å². The molecule has 0 spiro atoms. The number of ketones is 2. The summed E-state index contributed by atoms with van der Waals surface area (Å²) in [6.07, 6.45) is -5.06. The summed E-state index contributed by atoms with van der Waals surface area (Å²) in [5.41, 5.74) is 0.0938. The number of hydrogen-bond donors (Lipinski definition) is 0. The van der Waals surface area contributed by atoms with E-state index in [2.05, 4.69) is 0 Å². The van der Waals surface area contributed by atoms with Crippen LogP contribution in [-0.4, -0.2) is 30.3 Å². The van der Waals surface area contributed by atoms with Crippen molar-refractivity contribution in [1.82, 2.24) is 0 Å². The molecule has 0 saturated heterocycles. The molecule has 1 atom stereocenters. The van der Waals surface area contributed by atoms with Crippen molar-refractivity contribution in [3.8, 4) is 0 Å². The highest BCUT2D eigenvalue weighted by atomic mass is 19.4. The van der Waals surface area contributed by atoms with Gasteiger partial charge in [0.15, 0.2) is 5.78 Å². The first-order valence-corrected chi connectivity index (χ1v) is 6.11. The number of benzene rings is 1. The fourth-order valence-corrected chi connectivity index (χ4v) is 1.60. The minimum Gasteiger partial charge on any atom is -0.462 e. The summed E-state index contributed by atoms with van der Waals surface area (Å²) in [5, 5.41) is 0. The van der Waals surface area contributed by atoms with E-state index in [-0.39, 0.29) is 17.7 Å². The zero-order valence-electron chi connectivity index (χ0n) is 11.4. The predicted molar refractivity (Wildman–Crippen MR) is 67.0 cm³/mol. The van der Waals surface area contributed by atoms with Crippen LogP contribution in [0.15, 0.2) is 24.3 Å². The monoisotopic (exact) mass is 302 g/mol. The number of carbonyl (C=O) groups excluding carboxylic acids is 3. The van der Waals surface area contributed by atoms with Crippen LogP contribution in [0.5, 0.6) is 0 Å². The van der Waals surface area contributed by atoms with Gasteiger partial charge in [-0.15, -0.1) is 0 Å². The molecule has 0 heterocycles. The minimum absolute atomic E-state index is 0.0758. The zero-order valence-corrected chi connectivity index (χ0v) is 11.4. The number of halogens is 3. The van der Waals surface area contributed by atoms with Crippen LogP contribution in [0, 0.1) is 5.92 Å². The topological polar surface area (TPSA) is 60.4 Å². The maximum absolute atomic E-state index is 12.3. The van der Waals surface area contributed by atoms with Crippen LogP contribution in [-0.2, 0) is 9.53 Å². The van der Waals surface area contributed by atoms with Crippen molar-refractivity contribution in [2.75, 3.05) is 6.61 Å². The lowest BCUT2D eigenvalue weighted by molar-refractivity contribution is -0.173. The molecule has 0 fully saturated rings. The average molecular weight is 302 g/mol. The van der Waals surface area contributed by atoms with Gasteiger partial charge < -0.3 is 4.74 Å². The number of esters is 1. The lowest BCUT2D eigenvalue weighted by Gasteiger charge is -2.12. The molecular weight excluding hydrogens is 289 g/mol. The van der Waals surface area contributed by atoms with Gasteiger partial charge in [0.1, 0.15) is 0 Å². The third-order valence-electron chi connectivity index (χ3n) is 2.75. The van der Waals surface area contributed by atoms with Gasteiger partial charge in [-0.05, 0) is 26.0 Å². The highest BCUT2D eigenvalue weighted by Gasteiger charge is 2.44. The Morgan fingerprint density at radius 3 is 2.00 bits per heavy atom. The Morgan fingerprint density at radius 2 is 1.57 bits per heavy atom. The summed E-state index contributed by atoms with van der Waals surface area (Å²) in [6.45, 7) is 2.70. The largest absolute Gasteiger partial charge is 0.462 e. The van der Waals surface area contributed by atoms with E-state index in [0.29, 0.717) is 0 Å². The Balaban J connectivity index is 2.89. The fraction of sp³-hybridized carbons (Fsp3) is 0.357. The number of hydrogen-bond acceptors (Lipinski definition) is 4. The summed E-state index contributed by atoms with van der Waals surface area (Å²) >= 11 is 0. The molecule has 0 radical (unpaired) electrons. The van der Waals surface area contributed by atoms with Gasteiger partial charge in [-0.1, -0.05) is 12.1 Å². The molecule has 0 aliphatic heterocycles. The molecule has 0 amide bonds. The molecule has 0 bridgehead atoms. The zero-order chi connectivity index (χ0) is 16.2. The van der Waals surface area contributed by atoms with Gasteiger partial charge in [0.2, 0.25) is 5.78 Å². The Kier molecular flexibility index (Phi) is 5.23. The van der Waals surface area contributed by atoms with Gasteiger partial charge in [0.25, 0.3) is 0 Å². The van der Waals surface area contributed by atoms with Crippen LogP contribution in [0.3, 0.4) is 0 Å². The van der Waals surface area contributed by atoms with E-state index in [1.54, 1.807) is 6.92 Å². The fourth-order valence-electron chi connectivity index (χ4n) is 1.60. The van der Waals surface area contributed by atoms with Crippen molar-refractivity contribution in [3.63, 3.8) is 0 Å². The second-order valence-corrected chi connectivity index (χ2v) is 4.25. The van der Waals surface area contributed by atoms with E-state index in [9.17, 15) is 27.6 Å². The molecule has 7 heteroatoms. The third kappa shape index (κ3) is 4.14. The Bertz CT molecular complexity index is 546. The number of alkyl halides is 3. The van der Waals surface area contributed by atoms with E-state index < -0.39 is 29.6 Å². The number of carbonyl (C=O) groups is 3. The second kappa shape index (κ2) is 6.51. The number of ether oxygens (including phenoxy) is 1. The average Bonchev–Trinajstić information content (AvgIpc) is 2.44. The molecule has 21 heavy (non-hydrogen) atoms. The maximum atomic E-state index is 12.3. The second-order valence-electron chi connectivity index (χ2n) is 4.25. The van der Waals surface area contributed by atoms with E-state index in [4.69, 9.17) is 4.74 Å². The van der Waals surface area contributed by atoms with Gasteiger partial charge in [-0.3, -0.25) is 9.59 Å². The highest BCUT2D eigenvalue weighted by Crippen LogP contribution is 2.23. The molecule has 0 aromatic heterocycles. The van der Waals surface area contributed by atoms with Gasteiger partial charge in [-0.25, -0.2) is 4.79 Å². The molecular formula is C14H13F3O4. The van der Waals surface area contributed by atoms with E-state index >= 15 is 0 Å². The van der Waals surface area contributed by atoms with Gasteiger partial charge in [-0.2, -0.15) is 13.2 Å². The molecule has 1 aromatic carbocycles. The van der Waals surface area contributed by atoms with Crippen LogP contribution in [0.4, 0.5) is 13.2 Å². The van der Waals surface area contributed by atoms with Crippen LogP contribution in [0.1, 0.15) is 34.6 Å². The lowest BCUT2D eigenvalue weighted by Crippen LogP contribution is -2.33. The van der Waals surface area contributed by atoms with Crippen molar-refractivity contribution in [3.05, 3.63) is 35.4 Å². The summed E-state index contributed by atoms with van der Waals surface area (Å²) in [6, 6.07) is 4.90. The number of rotatable bonds is 5. The van der Waals surface area contributed by atoms with Crippen molar-refractivity contribution < 1.29 is 32.3 Å². The molecule has 0 N–H and O–H groups in total. The maximum Gasteiger partial charge on any atom is 0.450 e. The molecule has 1 rings (SSSR count). The Morgan fingerprint density at radius 1 is 1.10 bits per heavy atom. The smallest absolute Gasteiger partial charge is 0.450 e. The Hall–Kier alpha value is -2.18. The van der Waals surface area contributed by atoms with E-state index in [1.807, 2.05) is 0 Å². The molecule has 0 saturated carbocycles. The van der Waals surface area contributed by atoms with Crippen LogP contribution in [0.2, 0.25) is 0 Å². The van der Waals surface area contributed by atoms with Crippen LogP contribution < -0.4 is 0 Å². The first kappa shape index (κ1) is 16.9. The van der Waals surface area contributed by atoms with Gasteiger partial charge >= 0.3 is 12.1 Å². The normalized spacial score (nSPS) is 12.6. The molecule has 1 unspecified atom stereocenters. The molecule has 114 valence electrons. The molecule has 0 aliphatic rings. The first-order chi connectivity index (χ1) is 9.68.